The number of nitriles is 1. The molecule has 1 amide bonds. The number of anilines is 2. The third-order valence-electron chi connectivity index (χ3n) is 5.23. The highest BCUT2D eigenvalue weighted by atomic mass is 79.9. The van der Waals surface area contributed by atoms with Crippen LogP contribution in [0.25, 0.3) is 0 Å². The lowest BCUT2D eigenvalue weighted by molar-refractivity contribution is -0.138. The van der Waals surface area contributed by atoms with E-state index < -0.39 is 28.9 Å². The molecule has 0 aliphatic carbocycles. The number of benzene rings is 1. The smallest absolute Gasteiger partial charge is 0.419 e. The molecule has 0 atom stereocenters. The second-order valence-corrected chi connectivity index (χ2v) is 8.86. The Morgan fingerprint density at radius 3 is 2.55 bits per heavy atom. The summed E-state index contributed by atoms with van der Waals surface area (Å²) in [6.45, 7) is 5.74. The summed E-state index contributed by atoms with van der Waals surface area (Å²) in [5, 5.41) is 9.69. The molecule has 1 fully saturated rings. The maximum Gasteiger partial charge on any atom is 0.419 e. The maximum atomic E-state index is 13.4. The van der Waals surface area contributed by atoms with Crippen molar-refractivity contribution in [3.05, 3.63) is 47.3 Å². The highest BCUT2D eigenvalue weighted by molar-refractivity contribution is 9.09. The summed E-state index contributed by atoms with van der Waals surface area (Å²) in [4.78, 5) is 19.5. The number of alkyl halides is 4. The van der Waals surface area contributed by atoms with Crippen LogP contribution in [0.2, 0.25) is 0 Å². The summed E-state index contributed by atoms with van der Waals surface area (Å²) in [7, 11) is 0. The fourth-order valence-electron chi connectivity index (χ4n) is 3.61. The first-order valence-corrected chi connectivity index (χ1v) is 11.5. The van der Waals surface area contributed by atoms with E-state index in [0.29, 0.717) is 29.8 Å². The fraction of sp³-hybridized carbons (Fsp3) is 0.364. The highest BCUT2D eigenvalue weighted by Crippen LogP contribution is 2.40. The minimum Gasteiger partial charge on any atom is -0.492 e. The van der Waals surface area contributed by atoms with Crippen LogP contribution in [-0.2, 0) is 17.4 Å². The predicted molar refractivity (Wildman–Crippen MR) is 126 cm³/mol. The van der Waals surface area contributed by atoms with E-state index in [1.54, 1.807) is 30.9 Å². The quantitative estimate of drug-likeness (QED) is 0.369. The number of ether oxygens (including phenoxy) is 1. The van der Waals surface area contributed by atoms with Gasteiger partial charge in [0.2, 0.25) is 0 Å². The van der Waals surface area contributed by atoms with Gasteiger partial charge in [0.1, 0.15) is 17.4 Å². The van der Waals surface area contributed by atoms with Crippen LogP contribution >= 0.6 is 28.1 Å². The number of hydrogen-bond acceptors (Lipinski definition) is 5. The van der Waals surface area contributed by atoms with Crippen LogP contribution in [-0.4, -0.2) is 33.5 Å². The topological polar surface area (TPSA) is 69.5 Å². The first-order valence-electron chi connectivity index (χ1n) is 9.95. The van der Waals surface area contributed by atoms with Crippen molar-refractivity contribution in [2.45, 2.75) is 38.9 Å². The number of pyridine rings is 1. The van der Waals surface area contributed by atoms with Gasteiger partial charge in [-0.1, -0.05) is 22.9 Å². The van der Waals surface area contributed by atoms with Crippen molar-refractivity contribution in [1.82, 2.24) is 4.98 Å². The number of aromatic nitrogens is 1. The van der Waals surface area contributed by atoms with Gasteiger partial charge in [0.15, 0.2) is 10.8 Å². The van der Waals surface area contributed by atoms with E-state index in [1.807, 2.05) is 13.0 Å². The third-order valence-corrected chi connectivity index (χ3v) is 5.92. The minimum atomic E-state index is -4.81. The minimum absolute atomic E-state index is 0.0146. The second kappa shape index (κ2) is 9.27. The molecular weight excluding hydrogens is 521 g/mol. The van der Waals surface area contributed by atoms with Gasteiger partial charge in [0.25, 0.3) is 5.91 Å². The lowest BCUT2D eigenvalue weighted by Gasteiger charge is -2.30. The molecule has 0 spiro atoms. The van der Waals surface area contributed by atoms with Crippen LogP contribution in [0, 0.1) is 11.3 Å². The molecule has 2 aromatic rings. The predicted octanol–water partition coefficient (Wildman–Crippen LogP) is 5.22. The normalized spacial score (nSPS) is 15.7. The number of rotatable bonds is 6. The van der Waals surface area contributed by atoms with E-state index >= 15 is 0 Å². The number of nitrogens with zero attached hydrogens (tertiary/aromatic N) is 4. The van der Waals surface area contributed by atoms with Gasteiger partial charge in [0, 0.05) is 11.0 Å². The lowest BCUT2D eigenvalue weighted by Crippen LogP contribution is -2.44. The van der Waals surface area contributed by atoms with Gasteiger partial charge in [-0.25, -0.2) is 4.98 Å². The maximum absolute atomic E-state index is 13.4. The molecule has 1 saturated heterocycles. The summed E-state index contributed by atoms with van der Waals surface area (Å²) in [5.74, 6) is 0.197. The molecule has 174 valence electrons. The Hall–Kier alpha value is -2.71. The molecule has 3 rings (SSSR count). The van der Waals surface area contributed by atoms with Crippen LogP contribution in [0.5, 0.6) is 5.75 Å². The Labute approximate surface area is 203 Å². The molecule has 0 unspecified atom stereocenters. The van der Waals surface area contributed by atoms with Gasteiger partial charge in [-0.05, 0) is 62.3 Å². The van der Waals surface area contributed by atoms with Gasteiger partial charge in [-0.15, -0.1) is 0 Å². The first kappa shape index (κ1) is 24.9. The molecular formula is C22H20BrF3N4O2S. The first-order chi connectivity index (χ1) is 15.5. The monoisotopic (exact) mass is 540 g/mol. The van der Waals surface area contributed by atoms with E-state index in [-0.39, 0.29) is 10.8 Å². The van der Waals surface area contributed by atoms with E-state index in [2.05, 4.69) is 20.9 Å². The second-order valence-electron chi connectivity index (χ2n) is 7.70. The summed E-state index contributed by atoms with van der Waals surface area (Å²) >= 11 is 8.87. The number of aryl methyl sites for hydroxylation is 1. The Morgan fingerprint density at radius 1 is 1.27 bits per heavy atom. The van der Waals surface area contributed by atoms with Crippen LogP contribution < -0.4 is 14.5 Å². The van der Waals surface area contributed by atoms with Crippen molar-refractivity contribution < 1.29 is 22.7 Å². The van der Waals surface area contributed by atoms with Crippen molar-refractivity contribution >= 4 is 50.5 Å². The van der Waals surface area contributed by atoms with Crippen LogP contribution in [0.1, 0.15) is 37.6 Å². The summed E-state index contributed by atoms with van der Waals surface area (Å²) in [5.41, 5.74) is -1.81. The number of halogens is 4. The highest BCUT2D eigenvalue weighted by Gasteiger charge is 2.51. The van der Waals surface area contributed by atoms with Crippen molar-refractivity contribution in [2.24, 2.45) is 0 Å². The number of hydrogen-bond donors (Lipinski definition) is 0. The van der Waals surface area contributed by atoms with E-state index in [9.17, 15) is 18.0 Å². The zero-order valence-corrected chi connectivity index (χ0v) is 20.4. The molecule has 1 aliphatic rings. The van der Waals surface area contributed by atoms with Crippen LogP contribution in [0.3, 0.4) is 0 Å². The van der Waals surface area contributed by atoms with Gasteiger partial charge in [-0.2, -0.15) is 18.4 Å². The molecule has 1 aromatic heterocycles. The number of carbonyl (C=O) groups is 1. The average Bonchev–Trinajstić information content (AvgIpc) is 2.94. The summed E-state index contributed by atoms with van der Waals surface area (Å²) in [6, 6.07) is 7.55. The Kier molecular flexibility index (Phi) is 7.00. The van der Waals surface area contributed by atoms with Gasteiger partial charge in [0.05, 0.1) is 24.1 Å². The fourth-order valence-corrected chi connectivity index (χ4v) is 4.29. The molecule has 1 aromatic carbocycles. The Bertz CT molecular complexity index is 1150. The van der Waals surface area contributed by atoms with E-state index in [4.69, 9.17) is 22.2 Å². The van der Waals surface area contributed by atoms with Crippen molar-refractivity contribution in [3.8, 4) is 11.8 Å². The molecule has 33 heavy (non-hydrogen) atoms. The standard InChI is InChI=1S/C22H20BrF3N4O2S/c1-4-13-9-14(5-6-18(13)32-8-7-23)30-20(33)29(19(31)21(30,2)3)15-10-16(22(24,25)26)17(11-27)28-12-15/h5-6,9-10,12H,4,7-8H2,1-3H3. The van der Waals surface area contributed by atoms with E-state index in [1.165, 1.54) is 6.07 Å². The van der Waals surface area contributed by atoms with Crippen LogP contribution in [0.4, 0.5) is 24.5 Å². The molecule has 0 N–H and O–H groups in total. The average molecular weight is 541 g/mol. The van der Waals surface area contributed by atoms with Crippen molar-refractivity contribution in [2.75, 3.05) is 21.7 Å². The SMILES string of the molecule is CCc1cc(N2C(=S)N(c3cnc(C#N)c(C(F)(F)F)c3)C(=O)C2(C)C)ccc1OCCBr. The molecule has 2 heterocycles. The molecule has 0 saturated carbocycles. The number of thiocarbonyl (C=S) groups is 1. The summed E-state index contributed by atoms with van der Waals surface area (Å²) < 4.78 is 46.1. The van der Waals surface area contributed by atoms with Crippen molar-refractivity contribution in [3.63, 3.8) is 0 Å². The van der Waals surface area contributed by atoms with E-state index in [0.717, 1.165) is 22.7 Å². The number of carbonyl (C=O) groups excluding carboxylic acids is 1. The van der Waals surface area contributed by atoms with Crippen molar-refractivity contribution in [1.29, 1.82) is 5.26 Å². The largest absolute Gasteiger partial charge is 0.492 e. The van der Waals surface area contributed by atoms with Gasteiger partial charge >= 0.3 is 6.18 Å². The molecule has 0 bridgehead atoms. The zero-order chi connectivity index (χ0) is 24.6. The molecule has 11 heteroatoms. The van der Waals surface area contributed by atoms with Crippen LogP contribution in [0.15, 0.2) is 30.5 Å². The zero-order valence-electron chi connectivity index (χ0n) is 18.0. The third kappa shape index (κ3) is 4.54. The number of amides is 1. The lowest BCUT2D eigenvalue weighted by atomic mass is 10.0. The Balaban J connectivity index is 2.07. The summed E-state index contributed by atoms with van der Waals surface area (Å²) in [6.07, 6.45) is -3.10. The molecule has 6 nitrogen and oxygen atoms in total. The molecule has 1 aliphatic heterocycles. The Morgan fingerprint density at radius 2 is 1.97 bits per heavy atom. The molecule has 0 radical (unpaired) electrons. The van der Waals surface area contributed by atoms with Gasteiger partial charge < -0.3 is 9.64 Å². The van der Waals surface area contributed by atoms with Gasteiger partial charge in [-0.3, -0.25) is 9.69 Å².